The minimum Gasteiger partial charge on any atom is -0.347 e. The fourth-order valence-electron chi connectivity index (χ4n) is 2.45. The normalized spacial score (nSPS) is 10.9. The van der Waals surface area contributed by atoms with E-state index in [0.717, 1.165) is 23.0 Å². The van der Waals surface area contributed by atoms with Gasteiger partial charge in [0.25, 0.3) is 5.56 Å². The van der Waals surface area contributed by atoms with Gasteiger partial charge < -0.3 is 9.88 Å². The van der Waals surface area contributed by atoms with Crippen LogP contribution in [0.1, 0.15) is 19.2 Å². The highest BCUT2D eigenvalue weighted by Gasteiger charge is 2.10. The first kappa shape index (κ1) is 15.9. The second-order valence-electron chi connectivity index (χ2n) is 5.41. The van der Waals surface area contributed by atoms with Gasteiger partial charge >= 0.3 is 0 Å². The number of rotatable bonds is 6. The van der Waals surface area contributed by atoms with E-state index in [-0.39, 0.29) is 24.6 Å². The van der Waals surface area contributed by atoms with Gasteiger partial charge in [-0.2, -0.15) is 5.10 Å². The third-order valence-electron chi connectivity index (χ3n) is 3.66. The molecule has 0 radical (unpaired) electrons. The number of aryl methyl sites for hydroxylation is 1. The number of amides is 1. The topological polar surface area (TPSA) is 94.7 Å². The van der Waals surface area contributed by atoms with Gasteiger partial charge in [0.1, 0.15) is 12.9 Å². The van der Waals surface area contributed by atoms with Crippen LogP contribution in [0.15, 0.2) is 41.6 Å². The van der Waals surface area contributed by atoms with Crippen LogP contribution in [-0.4, -0.2) is 30.5 Å². The number of benzene rings is 1. The third-order valence-corrected chi connectivity index (χ3v) is 3.66. The Morgan fingerprint density at radius 2 is 2.12 bits per heavy atom. The van der Waals surface area contributed by atoms with Crippen molar-refractivity contribution >= 4 is 16.7 Å². The van der Waals surface area contributed by atoms with E-state index in [1.54, 1.807) is 24.7 Å². The predicted molar refractivity (Wildman–Crippen MR) is 88.2 cm³/mol. The molecule has 0 saturated carbocycles. The third kappa shape index (κ3) is 3.32. The standard InChI is InChI=1S/C16H18N6O2/c1-2-7-21-11-18-20-14(21)9-17-15(23)10-22-16(24)13-6-4-3-5-12(13)8-19-22/h3-6,8,11H,2,7,9-10H2,1H3,(H,17,23). The molecule has 0 saturated heterocycles. The molecule has 0 unspecified atom stereocenters. The molecular weight excluding hydrogens is 308 g/mol. The van der Waals surface area contributed by atoms with Gasteiger partial charge in [0.15, 0.2) is 5.82 Å². The zero-order valence-electron chi connectivity index (χ0n) is 13.3. The first-order valence-corrected chi connectivity index (χ1v) is 7.77. The molecule has 0 bridgehead atoms. The summed E-state index contributed by atoms with van der Waals surface area (Å²) in [6, 6.07) is 7.16. The maximum atomic E-state index is 12.3. The molecule has 0 aliphatic carbocycles. The lowest BCUT2D eigenvalue weighted by Gasteiger charge is -2.08. The Kier molecular flexibility index (Phi) is 4.64. The van der Waals surface area contributed by atoms with Crippen molar-refractivity contribution in [2.24, 2.45) is 0 Å². The van der Waals surface area contributed by atoms with Crippen molar-refractivity contribution in [3.63, 3.8) is 0 Å². The fraction of sp³-hybridized carbons (Fsp3) is 0.312. The Balaban J connectivity index is 1.68. The van der Waals surface area contributed by atoms with Gasteiger partial charge in [0, 0.05) is 11.9 Å². The molecule has 0 atom stereocenters. The molecule has 2 aromatic heterocycles. The minimum absolute atomic E-state index is 0.133. The summed E-state index contributed by atoms with van der Waals surface area (Å²) in [6.45, 7) is 2.98. The summed E-state index contributed by atoms with van der Waals surface area (Å²) in [7, 11) is 0. The molecule has 2 heterocycles. The Bertz CT molecular complexity index is 914. The molecule has 3 rings (SSSR count). The zero-order valence-corrected chi connectivity index (χ0v) is 13.3. The maximum Gasteiger partial charge on any atom is 0.275 e. The smallest absolute Gasteiger partial charge is 0.275 e. The van der Waals surface area contributed by atoms with Crippen LogP contribution in [0.25, 0.3) is 10.8 Å². The van der Waals surface area contributed by atoms with Crippen molar-refractivity contribution in [2.45, 2.75) is 33.0 Å². The molecule has 0 aliphatic heterocycles. The average molecular weight is 326 g/mol. The summed E-state index contributed by atoms with van der Waals surface area (Å²) in [5.41, 5.74) is -0.280. The van der Waals surface area contributed by atoms with Crippen LogP contribution in [0.3, 0.4) is 0 Å². The number of carbonyl (C=O) groups is 1. The molecule has 8 heteroatoms. The van der Waals surface area contributed by atoms with Crippen LogP contribution in [0.2, 0.25) is 0 Å². The Morgan fingerprint density at radius 1 is 1.29 bits per heavy atom. The number of fused-ring (bicyclic) bond motifs is 1. The quantitative estimate of drug-likeness (QED) is 0.720. The highest BCUT2D eigenvalue weighted by molar-refractivity contribution is 5.81. The highest BCUT2D eigenvalue weighted by Crippen LogP contribution is 2.06. The molecule has 24 heavy (non-hydrogen) atoms. The second-order valence-corrected chi connectivity index (χ2v) is 5.41. The summed E-state index contributed by atoms with van der Waals surface area (Å²) in [6.07, 6.45) is 4.18. The lowest BCUT2D eigenvalue weighted by Crippen LogP contribution is -2.33. The number of carbonyl (C=O) groups excluding carboxylic acids is 1. The predicted octanol–water partition coefficient (Wildman–Crippen LogP) is 0.714. The van der Waals surface area contributed by atoms with Gasteiger partial charge in [0.05, 0.1) is 18.1 Å². The van der Waals surface area contributed by atoms with E-state index in [9.17, 15) is 9.59 Å². The minimum atomic E-state index is -0.300. The van der Waals surface area contributed by atoms with Crippen LogP contribution < -0.4 is 10.9 Å². The van der Waals surface area contributed by atoms with E-state index < -0.39 is 0 Å². The summed E-state index contributed by atoms with van der Waals surface area (Å²) in [4.78, 5) is 24.4. The highest BCUT2D eigenvalue weighted by atomic mass is 16.2. The molecule has 124 valence electrons. The first-order valence-electron chi connectivity index (χ1n) is 7.77. The van der Waals surface area contributed by atoms with Gasteiger partial charge in [-0.25, -0.2) is 4.68 Å². The molecular formula is C16H18N6O2. The van der Waals surface area contributed by atoms with E-state index in [0.29, 0.717) is 11.2 Å². The molecule has 0 fully saturated rings. The lowest BCUT2D eigenvalue weighted by atomic mass is 10.2. The van der Waals surface area contributed by atoms with Crippen LogP contribution in [0.4, 0.5) is 0 Å². The van der Waals surface area contributed by atoms with E-state index in [2.05, 4.69) is 27.5 Å². The average Bonchev–Trinajstić information content (AvgIpc) is 3.03. The number of hydrogen-bond donors (Lipinski definition) is 1. The molecule has 8 nitrogen and oxygen atoms in total. The van der Waals surface area contributed by atoms with Gasteiger partial charge in [0.2, 0.25) is 5.91 Å². The van der Waals surface area contributed by atoms with E-state index >= 15 is 0 Å². The first-order chi connectivity index (χ1) is 11.7. The van der Waals surface area contributed by atoms with Crippen LogP contribution in [0, 0.1) is 0 Å². The van der Waals surface area contributed by atoms with Gasteiger partial charge in [-0.15, -0.1) is 10.2 Å². The maximum absolute atomic E-state index is 12.3. The van der Waals surface area contributed by atoms with E-state index in [1.807, 2.05) is 16.7 Å². The molecule has 1 N–H and O–H groups in total. The van der Waals surface area contributed by atoms with Crippen molar-refractivity contribution in [3.05, 3.63) is 53.0 Å². The van der Waals surface area contributed by atoms with Crippen LogP contribution in [-0.2, 0) is 24.4 Å². The summed E-state index contributed by atoms with van der Waals surface area (Å²) < 4.78 is 3.05. The van der Waals surface area contributed by atoms with Crippen LogP contribution >= 0.6 is 0 Å². The van der Waals surface area contributed by atoms with Crippen molar-refractivity contribution in [1.82, 2.24) is 29.9 Å². The largest absolute Gasteiger partial charge is 0.347 e. The molecule has 3 aromatic rings. The van der Waals surface area contributed by atoms with Crippen molar-refractivity contribution in [3.8, 4) is 0 Å². The number of aromatic nitrogens is 5. The summed E-state index contributed by atoms with van der Waals surface area (Å²) >= 11 is 0. The number of hydrogen-bond acceptors (Lipinski definition) is 5. The summed E-state index contributed by atoms with van der Waals surface area (Å²) in [5, 5.41) is 15.9. The van der Waals surface area contributed by atoms with Gasteiger partial charge in [-0.1, -0.05) is 25.1 Å². The van der Waals surface area contributed by atoms with Crippen LogP contribution in [0.5, 0.6) is 0 Å². The molecule has 1 amide bonds. The second kappa shape index (κ2) is 7.03. The van der Waals surface area contributed by atoms with Crippen molar-refractivity contribution < 1.29 is 4.79 Å². The molecule has 1 aromatic carbocycles. The van der Waals surface area contributed by atoms with E-state index in [1.165, 1.54) is 0 Å². The SMILES string of the molecule is CCCn1cnnc1CNC(=O)Cn1ncc2ccccc2c1=O. The van der Waals surface area contributed by atoms with Crippen molar-refractivity contribution in [2.75, 3.05) is 0 Å². The Hall–Kier alpha value is -3.03. The lowest BCUT2D eigenvalue weighted by molar-refractivity contribution is -0.122. The number of nitrogens with zero attached hydrogens (tertiary/aromatic N) is 5. The zero-order chi connectivity index (χ0) is 16.9. The van der Waals surface area contributed by atoms with Gasteiger partial charge in [-0.3, -0.25) is 9.59 Å². The molecule has 0 spiro atoms. The Labute approximate surface area is 138 Å². The molecule has 0 aliphatic rings. The monoisotopic (exact) mass is 326 g/mol. The van der Waals surface area contributed by atoms with Crippen molar-refractivity contribution in [1.29, 1.82) is 0 Å². The Morgan fingerprint density at radius 3 is 2.96 bits per heavy atom. The summed E-state index contributed by atoms with van der Waals surface area (Å²) in [5.74, 6) is 0.384. The van der Waals surface area contributed by atoms with E-state index in [4.69, 9.17) is 0 Å². The fourth-order valence-corrected chi connectivity index (χ4v) is 2.45. The number of nitrogens with one attached hydrogen (secondary N) is 1. The van der Waals surface area contributed by atoms with Gasteiger partial charge in [-0.05, 0) is 12.5 Å².